The smallest absolute Gasteiger partial charge is 0.126 e. The number of methoxy groups -OCH3 is 1. The minimum absolute atomic E-state index is 0.0336. The average molecular weight is 194 g/mol. The highest BCUT2D eigenvalue weighted by molar-refractivity contribution is 5.59. The Hall–Kier alpha value is -0.630. The van der Waals surface area contributed by atoms with Crippen LogP contribution in [0.25, 0.3) is 0 Å². The minimum atomic E-state index is -0.320. The average Bonchev–Trinajstić information content (AvgIpc) is 2.17. The maximum absolute atomic E-state index is 11.1. The zero-order valence-corrected chi connectivity index (χ0v) is 9.12. The number of rotatable bonds is 2. The van der Waals surface area contributed by atoms with Gasteiger partial charge < -0.3 is 9.53 Å². The van der Waals surface area contributed by atoms with E-state index >= 15 is 0 Å². The number of hydrogen-bond donors (Lipinski definition) is 0. The van der Waals surface area contributed by atoms with Gasteiger partial charge in [-0.2, -0.15) is 0 Å². The van der Waals surface area contributed by atoms with Crippen LogP contribution in [0.3, 0.4) is 0 Å². The molecule has 4 unspecified atom stereocenters. The molecular formula is C12H18O2. The van der Waals surface area contributed by atoms with Crippen LogP contribution in [-0.4, -0.2) is 19.0 Å². The molecule has 4 atom stereocenters. The van der Waals surface area contributed by atoms with Crippen molar-refractivity contribution in [1.82, 2.24) is 0 Å². The first-order valence-corrected chi connectivity index (χ1v) is 5.27. The maximum atomic E-state index is 11.1. The molecule has 2 heteroatoms. The van der Waals surface area contributed by atoms with Gasteiger partial charge in [0.1, 0.15) is 6.29 Å². The zero-order valence-electron chi connectivity index (χ0n) is 9.12. The molecular weight excluding hydrogens is 176 g/mol. The quantitative estimate of drug-likeness (QED) is 0.497. The molecule has 0 aromatic rings. The second-order valence-electron chi connectivity index (χ2n) is 5.10. The van der Waals surface area contributed by atoms with Gasteiger partial charge in [0.05, 0.1) is 5.60 Å². The van der Waals surface area contributed by atoms with E-state index in [1.54, 1.807) is 7.11 Å². The Bertz CT molecular complexity index is 284. The lowest BCUT2D eigenvalue weighted by Gasteiger charge is -2.54. The van der Waals surface area contributed by atoms with Crippen molar-refractivity contribution in [2.45, 2.75) is 32.3 Å². The van der Waals surface area contributed by atoms with E-state index in [0.717, 1.165) is 19.1 Å². The van der Waals surface area contributed by atoms with E-state index in [1.165, 1.54) is 0 Å². The topological polar surface area (TPSA) is 26.3 Å². The number of carbonyl (C=O) groups excluding carboxylic acids is 1. The third kappa shape index (κ3) is 1.10. The molecule has 0 heterocycles. The van der Waals surface area contributed by atoms with Crippen molar-refractivity contribution in [2.24, 2.45) is 17.3 Å². The number of ether oxygens (including phenoxy) is 1. The molecule has 1 fully saturated rings. The number of hydrogen-bond acceptors (Lipinski definition) is 2. The summed E-state index contributed by atoms with van der Waals surface area (Å²) in [5, 5.41) is 0. The molecule has 0 aromatic heterocycles. The van der Waals surface area contributed by atoms with Gasteiger partial charge in [-0.15, -0.1) is 0 Å². The molecule has 0 aliphatic heterocycles. The van der Waals surface area contributed by atoms with Gasteiger partial charge in [0.25, 0.3) is 0 Å². The maximum Gasteiger partial charge on any atom is 0.126 e. The van der Waals surface area contributed by atoms with E-state index in [9.17, 15) is 4.79 Å². The standard InChI is InChI=1S/C12H18O2/c1-9-6-11(2)4-5-12(9,14-3)10(7-11)8-13/h4-5,8-10H,6-7H2,1-3H3. The van der Waals surface area contributed by atoms with Crippen LogP contribution in [0.5, 0.6) is 0 Å². The first kappa shape index (κ1) is 9.91. The van der Waals surface area contributed by atoms with Gasteiger partial charge in [-0.25, -0.2) is 0 Å². The van der Waals surface area contributed by atoms with Gasteiger partial charge in [0.2, 0.25) is 0 Å². The monoisotopic (exact) mass is 194 g/mol. The van der Waals surface area contributed by atoms with Gasteiger partial charge in [-0.05, 0) is 24.2 Å². The molecule has 0 radical (unpaired) electrons. The van der Waals surface area contributed by atoms with Crippen LogP contribution in [0.15, 0.2) is 12.2 Å². The molecule has 0 amide bonds. The molecule has 0 N–H and O–H groups in total. The van der Waals surface area contributed by atoms with Crippen LogP contribution >= 0.6 is 0 Å². The molecule has 2 nitrogen and oxygen atoms in total. The summed E-state index contributed by atoms with van der Waals surface area (Å²) in [5.41, 5.74) is -0.106. The molecule has 3 aliphatic rings. The molecule has 1 saturated carbocycles. The Morgan fingerprint density at radius 3 is 2.64 bits per heavy atom. The van der Waals surface area contributed by atoms with Gasteiger partial charge in [0.15, 0.2) is 0 Å². The third-order valence-electron chi connectivity index (χ3n) is 4.07. The number of carbonyl (C=O) groups is 1. The van der Waals surface area contributed by atoms with Crippen molar-refractivity contribution in [1.29, 1.82) is 0 Å². The molecule has 14 heavy (non-hydrogen) atoms. The SMILES string of the molecule is COC12C=CC(C)(CC1C)CC2C=O. The zero-order chi connectivity index (χ0) is 10.4. The van der Waals surface area contributed by atoms with Gasteiger partial charge in [-0.1, -0.05) is 26.0 Å². The molecule has 0 aromatic carbocycles. The lowest BCUT2D eigenvalue weighted by molar-refractivity contribution is -0.140. The fourth-order valence-electron chi connectivity index (χ4n) is 3.30. The van der Waals surface area contributed by atoms with Crippen molar-refractivity contribution < 1.29 is 9.53 Å². The van der Waals surface area contributed by atoms with E-state index in [1.807, 2.05) is 0 Å². The van der Waals surface area contributed by atoms with Crippen LogP contribution in [0, 0.1) is 17.3 Å². The van der Waals surface area contributed by atoms with Crippen molar-refractivity contribution in [2.75, 3.05) is 7.11 Å². The fraction of sp³-hybridized carbons (Fsp3) is 0.750. The Morgan fingerprint density at radius 2 is 2.14 bits per heavy atom. The molecule has 3 rings (SSSR count). The molecule has 78 valence electrons. The van der Waals surface area contributed by atoms with Crippen LogP contribution in [0.1, 0.15) is 26.7 Å². The summed E-state index contributed by atoms with van der Waals surface area (Å²) in [6, 6.07) is 0. The summed E-state index contributed by atoms with van der Waals surface area (Å²) < 4.78 is 5.61. The first-order valence-electron chi connectivity index (χ1n) is 5.27. The second kappa shape index (κ2) is 2.93. The molecule has 0 saturated heterocycles. The van der Waals surface area contributed by atoms with E-state index in [-0.39, 0.29) is 16.9 Å². The summed E-state index contributed by atoms with van der Waals surface area (Å²) in [6.45, 7) is 4.41. The van der Waals surface area contributed by atoms with Crippen molar-refractivity contribution >= 4 is 6.29 Å². The van der Waals surface area contributed by atoms with Gasteiger partial charge in [0, 0.05) is 13.0 Å². The van der Waals surface area contributed by atoms with E-state index in [0.29, 0.717) is 5.92 Å². The highest BCUT2D eigenvalue weighted by Crippen LogP contribution is 2.54. The van der Waals surface area contributed by atoms with E-state index in [4.69, 9.17) is 4.74 Å². The normalized spacial score (nSPS) is 50.8. The van der Waals surface area contributed by atoms with Crippen LogP contribution in [0.2, 0.25) is 0 Å². The van der Waals surface area contributed by atoms with Gasteiger partial charge >= 0.3 is 0 Å². The first-order chi connectivity index (χ1) is 6.56. The molecule has 0 spiro atoms. The predicted octanol–water partition coefficient (Wildman–Crippen LogP) is 2.19. The Labute approximate surface area is 85.3 Å². The molecule has 2 bridgehead atoms. The lowest BCUT2D eigenvalue weighted by atomic mass is 9.55. The van der Waals surface area contributed by atoms with Crippen molar-refractivity contribution in [3.63, 3.8) is 0 Å². The Morgan fingerprint density at radius 1 is 1.43 bits per heavy atom. The Balaban J connectivity index is 2.44. The number of aldehydes is 1. The number of allylic oxidation sites excluding steroid dienone is 1. The summed E-state index contributed by atoms with van der Waals surface area (Å²) >= 11 is 0. The highest BCUT2D eigenvalue weighted by Gasteiger charge is 2.53. The molecule has 3 aliphatic carbocycles. The van der Waals surface area contributed by atoms with Gasteiger partial charge in [-0.3, -0.25) is 0 Å². The fourth-order valence-corrected chi connectivity index (χ4v) is 3.30. The summed E-state index contributed by atoms with van der Waals surface area (Å²) in [5.74, 6) is 0.470. The van der Waals surface area contributed by atoms with Crippen molar-refractivity contribution in [3.8, 4) is 0 Å². The Kier molecular flexibility index (Phi) is 2.07. The second-order valence-corrected chi connectivity index (χ2v) is 5.10. The summed E-state index contributed by atoms with van der Waals surface area (Å²) in [6.07, 6.45) is 7.48. The lowest BCUT2D eigenvalue weighted by Crippen LogP contribution is -2.55. The number of fused-ring (bicyclic) bond motifs is 2. The van der Waals surface area contributed by atoms with E-state index in [2.05, 4.69) is 26.0 Å². The summed E-state index contributed by atoms with van der Waals surface area (Å²) in [4.78, 5) is 11.1. The van der Waals surface area contributed by atoms with Crippen LogP contribution in [-0.2, 0) is 9.53 Å². The van der Waals surface area contributed by atoms with Crippen molar-refractivity contribution in [3.05, 3.63) is 12.2 Å². The largest absolute Gasteiger partial charge is 0.373 e. The van der Waals surface area contributed by atoms with Crippen LogP contribution in [0.4, 0.5) is 0 Å². The predicted molar refractivity (Wildman–Crippen MR) is 54.9 cm³/mol. The third-order valence-corrected chi connectivity index (χ3v) is 4.07. The van der Waals surface area contributed by atoms with Crippen LogP contribution < -0.4 is 0 Å². The van der Waals surface area contributed by atoms with E-state index < -0.39 is 0 Å². The minimum Gasteiger partial charge on any atom is -0.373 e. The highest BCUT2D eigenvalue weighted by atomic mass is 16.5. The summed E-state index contributed by atoms with van der Waals surface area (Å²) in [7, 11) is 1.71.